The highest BCUT2D eigenvalue weighted by Gasteiger charge is 2.23. The molecule has 2 N–H and O–H groups in total. The largest absolute Gasteiger partial charge is 0.454 e. The fourth-order valence-electron chi connectivity index (χ4n) is 3.42. The molecular formula is C18H23N4O4+. The molecular weight excluding hydrogens is 336 g/mol. The smallest absolute Gasteiger partial charge is 0.252 e. The first-order valence-electron chi connectivity index (χ1n) is 8.77. The molecule has 0 unspecified atom stereocenters. The lowest BCUT2D eigenvalue weighted by molar-refractivity contribution is -0.914. The highest BCUT2D eigenvalue weighted by atomic mass is 16.7. The highest BCUT2D eigenvalue weighted by Crippen LogP contribution is 2.32. The van der Waals surface area contributed by atoms with Gasteiger partial charge in [0.2, 0.25) is 12.7 Å². The van der Waals surface area contributed by atoms with Crippen LogP contribution in [0.15, 0.2) is 29.1 Å². The lowest BCUT2D eigenvalue weighted by atomic mass is 10.1. The van der Waals surface area contributed by atoms with E-state index >= 15 is 0 Å². The van der Waals surface area contributed by atoms with Crippen LogP contribution < -0.4 is 24.8 Å². The Kier molecular flexibility index (Phi) is 4.77. The van der Waals surface area contributed by atoms with Gasteiger partial charge in [0.05, 0.1) is 38.5 Å². The molecule has 0 saturated carbocycles. The van der Waals surface area contributed by atoms with Crippen LogP contribution in [-0.4, -0.2) is 50.0 Å². The molecule has 2 aromatic rings. The average Bonchev–Trinajstić information content (AvgIpc) is 3.10. The Hall–Kier alpha value is -2.58. The molecule has 1 aromatic carbocycles. The maximum Gasteiger partial charge on any atom is 0.252 e. The number of piperazine rings is 1. The molecule has 2 aliphatic heterocycles. The van der Waals surface area contributed by atoms with Crippen LogP contribution >= 0.6 is 0 Å². The fraction of sp³-hybridized carbons (Fsp3) is 0.444. The van der Waals surface area contributed by atoms with E-state index < -0.39 is 0 Å². The topological polar surface area (TPSA) is 81.1 Å². The van der Waals surface area contributed by atoms with Crippen LogP contribution in [0.25, 0.3) is 0 Å². The maximum absolute atomic E-state index is 11.8. The van der Waals surface area contributed by atoms with Gasteiger partial charge in [0, 0.05) is 18.7 Å². The number of ether oxygens (including phenoxy) is 3. The van der Waals surface area contributed by atoms with Gasteiger partial charge in [-0.2, -0.15) is 0 Å². The molecule has 8 nitrogen and oxygen atoms in total. The zero-order chi connectivity index (χ0) is 17.9. The number of quaternary nitrogens is 1. The van der Waals surface area contributed by atoms with Crippen molar-refractivity contribution in [3.05, 3.63) is 45.9 Å². The summed E-state index contributed by atoms with van der Waals surface area (Å²) in [6.45, 7) is 5.24. The lowest BCUT2D eigenvalue weighted by Crippen LogP contribution is -3.13. The second kappa shape index (κ2) is 7.35. The number of anilines is 1. The third kappa shape index (κ3) is 3.66. The number of benzene rings is 1. The van der Waals surface area contributed by atoms with E-state index in [0.717, 1.165) is 44.2 Å². The van der Waals surface area contributed by atoms with E-state index in [1.165, 1.54) is 16.5 Å². The molecule has 0 amide bonds. The van der Waals surface area contributed by atoms with Gasteiger partial charge in [0.15, 0.2) is 11.5 Å². The second-order valence-electron chi connectivity index (χ2n) is 6.59. The molecule has 0 aliphatic carbocycles. The molecule has 2 aliphatic rings. The number of H-pyrrole nitrogens is 1. The van der Waals surface area contributed by atoms with E-state index in [0.29, 0.717) is 25.0 Å². The number of nitrogens with one attached hydrogen (secondary N) is 2. The highest BCUT2D eigenvalue weighted by molar-refractivity contribution is 5.44. The number of nitrogens with zero attached hydrogens (tertiary/aromatic N) is 2. The number of methoxy groups -OCH3 is 1. The Labute approximate surface area is 151 Å². The summed E-state index contributed by atoms with van der Waals surface area (Å²) in [6, 6.07) is 7.62. The van der Waals surface area contributed by atoms with Gasteiger partial charge in [-0.1, -0.05) is 0 Å². The molecule has 0 radical (unpaired) electrons. The van der Waals surface area contributed by atoms with E-state index in [2.05, 4.69) is 27.0 Å². The third-order valence-corrected chi connectivity index (χ3v) is 4.74. The first-order chi connectivity index (χ1) is 12.7. The summed E-state index contributed by atoms with van der Waals surface area (Å²) in [5.41, 5.74) is 1.75. The standard InChI is InChI=1S/C18H22N4O4/c1-24-11-14-9-17(23)20-18(19-14)22-6-4-21(5-7-22)10-13-2-3-15-16(8-13)26-12-25-15/h2-3,8-9H,4-7,10-12H2,1H3,(H,19,20,23)/p+1. The molecule has 0 atom stereocenters. The average molecular weight is 359 g/mol. The third-order valence-electron chi connectivity index (χ3n) is 4.74. The normalized spacial score (nSPS) is 16.9. The van der Waals surface area contributed by atoms with E-state index in [-0.39, 0.29) is 5.56 Å². The summed E-state index contributed by atoms with van der Waals surface area (Å²) in [4.78, 5) is 22.8. The molecule has 0 bridgehead atoms. The first-order valence-corrected chi connectivity index (χ1v) is 8.77. The lowest BCUT2D eigenvalue weighted by Gasteiger charge is -2.32. The number of fused-ring (bicyclic) bond motifs is 1. The number of aromatic nitrogens is 2. The van der Waals surface area contributed by atoms with Crippen molar-refractivity contribution in [2.45, 2.75) is 13.2 Å². The molecule has 1 saturated heterocycles. The SMILES string of the molecule is COCc1cc(=O)[nH]c(N2CC[NH+](Cc3ccc4c(c3)OCO4)CC2)n1. The Balaban J connectivity index is 1.37. The number of rotatable bonds is 5. The minimum absolute atomic E-state index is 0.141. The molecule has 1 fully saturated rings. The van der Waals surface area contributed by atoms with Crippen molar-refractivity contribution >= 4 is 5.95 Å². The van der Waals surface area contributed by atoms with Crippen molar-refractivity contribution in [3.8, 4) is 11.5 Å². The van der Waals surface area contributed by atoms with Gasteiger partial charge in [0.25, 0.3) is 5.56 Å². The molecule has 8 heteroatoms. The summed E-state index contributed by atoms with van der Waals surface area (Å²) in [5.74, 6) is 2.28. The number of aromatic amines is 1. The van der Waals surface area contributed by atoms with Gasteiger partial charge in [-0.3, -0.25) is 9.78 Å². The van der Waals surface area contributed by atoms with Crippen molar-refractivity contribution in [1.82, 2.24) is 9.97 Å². The van der Waals surface area contributed by atoms with Crippen LogP contribution in [0.3, 0.4) is 0 Å². The molecule has 26 heavy (non-hydrogen) atoms. The Morgan fingerprint density at radius 2 is 2.04 bits per heavy atom. The summed E-state index contributed by atoms with van der Waals surface area (Å²) in [7, 11) is 1.60. The summed E-state index contributed by atoms with van der Waals surface area (Å²) < 4.78 is 15.9. The quantitative estimate of drug-likeness (QED) is 0.753. The Bertz CT molecular complexity index is 830. The van der Waals surface area contributed by atoms with E-state index in [4.69, 9.17) is 14.2 Å². The van der Waals surface area contributed by atoms with Crippen LogP contribution in [0.1, 0.15) is 11.3 Å². The maximum atomic E-state index is 11.8. The monoisotopic (exact) mass is 359 g/mol. The number of hydrogen-bond donors (Lipinski definition) is 2. The van der Waals surface area contributed by atoms with Gasteiger partial charge in [-0.25, -0.2) is 4.98 Å². The van der Waals surface area contributed by atoms with Crippen LogP contribution in [-0.2, 0) is 17.9 Å². The first kappa shape index (κ1) is 16.9. The predicted octanol–water partition coefficient (Wildman–Crippen LogP) is -0.450. The van der Waals surface area contributed by atoms with Gasteiger partial charge in [-0.15, -0.1) is 0 Å². The Morgan fingerprint density at radius 1 is 1.23 bits per heavy atom. The van der Waals surface area contributed by atoms with Crippen molar-refractivity contribution in [2.75, 3.05) is 45.0 Å². The predicted molar refractivity (Wildman–Crippen MR) is 94.7 cm³/mol. The zero-order valence-corrected chi connectivity index (χ0v) is 14.8. The molecule has 3 heterocycles. The van der Waals surface area contributed by atoms with Crippen molar-refractivity contribution in [3.63, 3.8) is 0 Å². The van der Waals surface area contributed by atoms with E-state index in [9.17, 15) is 4.79 Å². The Morgan fingerprint density at radius 3 is 2.85 bits per heavy atom. The van der Waals surface area contributed by atoms with Crippen LogP contribution in [0, 0.1) is 0 Å². The summed E-state index contributed by atoms with van der Waals surface area (Å²) in [6.07, 6.45) is 0. The fourth-order valence-corrected chi connectivity index (χ4v) is 3.42. The van der Waals surface area contributed by atoms with Crippen molar-refractivity contribution < 1.29 is 19.1 Å². The molecule has 4 rings (SSSR count). The molecule has 0 spiro atoms. The van der Waals surface area contributed by atoms with Crippen LogP contribution in [0.2, 0.25) is 0 Å². The summed E-state index contributed by atoms with van der Waals surface area (Å²) in [5, 5.41) is 0. The van der Waals surface area contributed by atoms with Gasteiger partial charge < -0.3 is 24.0 Å². The van der Waals surface area contributed by atoms with E-state index in [1.54, 1.807) is 7.11 Å². The molecule has 1 aromatic heterocycles. The minimum atomic E-state index is -0.141. The van der Waals surface area contributed by atoms with Crippen molar-refractivity contribution in [2.24, 2.45) is 0 Å². The van der Waals surface area contributed by atoms with Gasteiger partial charge in [0.1, 0.15) is 6.54 Å². The molecule has 138 valence electrons. The summed E-state index contributed by atoms with van der Waals surface area (Å²) >= 11 is 0. The van der Waals surface area contributed by atoms with Crippen LogP contribution in [0.4, 0.5) is 5.95 Å². The minimum Gasteiger partial charge on any atom is -0.454 e. The van der Waals surface area contributed by atoms with Gasteiger partial charge >= 0.3 is 0 Å². The van der Waals surface area contributed by atoms with Gasteiger partial charge in [-0.05, 0) is 18.2 Å². The number of hydrogen-bond acceptors (Lipinski definition) is 6. The zero-order valence-electron chi connectivity index (χ0n) is 14.8. The van der Waals surface area contributed by atoms with E-state index in [1.807, 2.05) is 6.07 Å². The second-order valence-corrected chi connectivity index (χ2v) is 6.59. The van der Waals surface area contributed by atoms with Crippen LogP contribution in [0.5, 0.6) is 11.5 Å². The van der Waals surface area contributed by atoms with Crippen molar-refractivity contribution in [1.29, 1.82) is 0 Å².